The second-order valence-electron chi connectivity index (χ2n) is 4.26. The summed E-state index contributed by atoms with van der Waals surface area (Å²) in [6.45, 7) is 2.12. The van der Waals surface area contributed by atoms with Crippen LogP contribution in [0, 0.1) is 0 Å². The number of carbonyl (C=O) groups excluding carboxylic acids is 1. The summed E-state index contributed by atoms with van der Waals surface area (Å²) in [6, 6.07) is 0.246. The fourth-order valence-electron chi connectivity index (χ4n) is 2.25. The van der Waals surface area contributed by atoms with Crippen molar-refractivity contribution in [1.29, 1.82) is 0 Å². The maximum atomic E-state index is 11.1. The van der Waals surface area contributed by atoms with E-state index in [1.807, 2.05) is 0 Å². The summed E-state index contributed by atoms with van der Waals surface area (Å²) in [4.78, 5) is 11.1. The SMILES string of the molecule is CCCCC(O)[C@@H]1SC[C@@H]2NC(=O)N[C@@H]21. The number of fused-ring (bicyclic) bond motifs is 1. The van der Waals surface area contributed by atoms with Gasteiger partial charge in [0.15, 0.2) is 0 Å². The molecule has 15 heavy (non-hydrogen) atoms. The lowest BCUT2D eigenvalue weighted by atomic mass is 10.0. The lowest BCUT2D eigenvalue weighted by Gasteiger charge is -2.22. The highest BCUT2D eigenvalue weighted by Crippen LogP contribution is 2.33. The first-order valence-electron chi connectivity index (χ1n) is 5.59. The Morgan fingerprint density at radius 3 is 3.13 bits per heavy atom. The molecule has 2 heterocycles. The zero-order chi connectivity index (χ0) is 10.8. The summed E-state index contributed by atoms with van der Waals surface area (Å²) < 4.78 is 0. The molecule has 0 radical (unpaired) electrons. The maximum absolute atomic E-state index is 11.1. The van der Waals surface area contributed by atoms with Crippen molar-refractivity contribution in [3.8, 4) is 0 Å². The van der Waals surface area contributed by atoms with Crippen molar-refractivity contribution >= 4 is 17.8 Å². The van der Waals surface area contributed by atoms with Crippen LogP contribution in [0.5, 0.6) is 0 Å². The smallest absolute Gasteiger partial charge is 0.315 e. The van der Waals surface area contributed by atoms with Crippen LogP contribution in [0.3, 0.4) is 0 Å². The Morgan fingerprint density at radius 1 is 1.60 bits per heavy atom. The number of nitrogens with one attached hydrogen (secondary N) is 2. The van der Waals surface area contributed by atoms with E-state index in [-0.39, 0.29) is 29.5 Å². The number of aliphatic hydroxyl groups is 1. The molecule has 2 amide bonds. The summed E-state index contributed by atoms with van der Waals surface area (Å²) in [5, 5.41) is 15.9. The van der Waals surface area contributed by atoms with Crippen molar-refractivity contribution in [3.63, 3.8) is 0 Å². The molecule has 0 saturated carbocycles. The average molecular weight is 230 g/mol. The molecule has 0 aromatic carbocycles. The molecular formula is C10H18N2O2S. The number of aliphatic hydroxyl groups excluding tert-OH is 1. The molecule has 0 aliphatic carbocycles. The number of hydrogen-bond acceptors (Lipinski definition) is 3. The number of carbonyl (C=O) groups is 1. The molecule has 2 aliphatic rings. The molecule has 0 aromatic rings. The minimum Gasteiger partial charge on any atom is -0.392 e. The quantitative estimate of drug-likeness (QED) is 0.623. The van der Waals surface area contributed by atoms with Crippen LogP contribution in [0.25, 0.3) is 0 Å². The van der Waals surface area contributed by atoms with Gasteiger partial charge in [-0.25, -0.2) is 4.79 Å². The van der Waals surface area contributed by atoms with E-state index in [0.29, 0.717) is 0 Å². The van der Waals surface area contributed by atoms with Gasteiger partial charge in [-0.15, -0.1) is 0 Å². The fraction of sp³-hybridized carbons (Fsp3) is 0.900. The molecule has 0 spiro atoms. The van der Waals surface area contributed by atoms with Crippen LogP contribution in [-0.4, -0.2) is 40.3 Å². The van der Waals surface area contributed by atoms with Gasteiger partial charge in [-0.2, -0.15) is 11.8 Å². The molecule has 2 rings (SSSR count). The second-order valence-corrected chi connectivity index (χ2v) is 5.47. The Morgan fingerprint density at radius 2 is 2.40 bits per heavy atom. The van der Waals surface area contributed by atoms with Crippen molar-refractivity contribution in [2.45, 2.75) is 49.6 Å². The van der Waals surface area contributed by atoms with E-state index in [1.54, 1.807) is 11.8 Å². The minimum absolute atomic E-state index is 0.0852. The number of urea groups is 1. The Labute approximate surface area is 94.2 Å². The topological polar surface area (TPSA) is 61.4 Å². The van der Waals surface area contributed by atoms with E-state index in [0.717, 1.165) is 25.0 Å². The zero-order valence-corrected chi connectivity index (χ0v) is 9.72. The van der Waals surface area contributed by atoms with E-state index in [4.69, 9.17) is 0 Å². The summed E-state index contributed by atoms with van der Waals surface area (Å²) in [7, 11) is 0. The summed E-state index contributed by atoms with van der Waals surface area (Å²) >= 11 is 1.77. The standard InChI is InChI=1S/C10H18N2O2S/c1-2-3-4-7(13)9-8-6(5-15-9)11-10(14)12-8/h6-9,13H,2-5H2,1H3,(H2,11,12,14)/t6-,7?,8-,9-/m0/s1. The van der Waals surface area contributed by atoms with Crippen LogP contribution >= 0.6 is 11.8 Å². The molecule has 3 N–H and O–H groups in total. The Hall–Kier alpha value is -0.420. The van der Waals surface area contributed by atoms with Gasteiger partial charge in [0, 0.05) is 5.75 Å². The van der Waals surface area contributed by atoms with Gasteiger partial charge in [0.05, 0.1) is 23.4 Å². The van der Waals surface area contributed by atoms with Crippen LogP contribution in [0.1, 0.15) is 26.2 Å². The van der Waals surface area contributed by atoms with Gasteiger partial charge in [-0.3, -0.25) is 0 Å². The minimum atomic E-state index is -0.287. The van der Waals surface area contributed by atoms with Gasteiger partial charge < -0.3 is 15.7 Å². The second kappa shape index (κ2) is 4.61. The third kappa shape index (κ3) is 2.23. The molecule has 2 aliphatic heterocycles. The van der Waals surface area contributed by atoms with E-state index < -0.39 is 0 Å². The van der Waals surface area contributed by atoms with Gasteiger partial charge in [-0.1, -0.05) is 19.8 Å². The largest absolute Gasteiger partial charge is 0.392 e. The van der Waals surface area contributed by atoms with E-state index in [1.165, 1.54) is 0 Å². The number of thioether (sulfide) groups is 1. The van der Waals surface area contributed by atoms with Crippen LogP contribution in [0.4, 0.5) is 4.79 Å². The first kappa shape index (κ1) is 11.1. The highest BCUT2D eigenvalue weighted by molar-refractivity contribution is 8.00. The van der Waals surface area contributed by atoms with Crippen LogP contribution in [0.2, 0.25) is 0 Å². The molecule has 86 valence electrons. The van der Waals surface area contributed by atoms with Gasteiger partial charge in [0.25, 0.3) is 0 Å². The molecule has 2 fully saturated rings. The van der Waals surface area contributed by atoms with Crippen LogP contribution in [0.15, 0.2) is 0 Å². The van der Waals surface area contributed by atoms with Crippen molar-refractivity contribution in [3.05, 3.63) is 0 Å². The van der Waals surface area contributed by atoms with Crippen LogP contribution < -0.4 is 10.6 Å². The van der Waals surface area contributed by atoms with Crippen molar-refractivity contribution in [2.24, 2.45) is 0 Å². The van der Waals surface area contributed by atoms with Gasteiger partial charge >= 0.3 is 6.03 Å². The zero-order valence-electron chi connectivity index (χ0n) is 8.90. The van der Waals surface area contributed by atoms with Crippen molar-refractivity contribution < 1.29 is 9.90 Å². The first-order chi connectivity index (χ1) is 7.22. The van der Waals surface area contributed by atoms with Gasteiger partial charge in [-0.05, 0) is 6.42 Å². The summed E-state index contributed by atoms with van der Waals surface area (Å²) in [5.74, 6) is 0.914. The third-order valence-electron chi connectivity index (χ3n) is 3.10. The van der Waals surface area contributed by atoms with E-state index in [2.05, 4.69) is 17.6 Å². The summed E-state index contributed by atoms with van der Waals surface area (Å²) in [6.07, 6.45) is 2.71. The summed E-state index contributed by atoms with van der Waals surface area (Å²) in [5.41, 5.74) is 0. The lowest BCUT2D eigenvalue weighted by Crippen LogP contribution is -2.42. The molecule has 2 saturated heterocycles. The maximum Gasteiger partial charge on any atom is 0.315 e. The molecule has 4 atom stereocenters. The molecule has 1 unspecified atom stereocenters. The lowest BCUT2D eigenvalue weighted by molar-refractivity contribution is 0.148. The molecule has 0 bridgehead atoms. The monoisotopic (exact) mass is 230 g/mol. The predicted molar refractivity (Wildman–Crippen MR) is 61.0 cm³/mol. The Balaban J connectivity index is 1.90. The number of unbranched alkanes of at least 4 members (excludes halogenated alkanes) is 1. The fourth-order valence-corrected chi connectivity index (χ4v) is 3.80. The van der Waals surface area contributed by atoms with Gasteiger partial charge in [0.1, 0.15) is 0 Å². The van der Waals surface area contributed by atoms with E-state index >= 15 is 0 Å². The first-order valence-corrected chi connectivity index (χ1v) is 6.64. The van der Waals surface area contributed by atoms with Crippen LogP contribution in [-0.2, 0) is 0 Å². The number of amides is 2. The Kier molecular flexibility index (Phi) is 3.41. The highest BCUT2D eigenvalue weighted by Gasteiger charge is 2.45. The molecular weight excluding hydrogens is 212 g/mol. The highest BCUT2D eigenvalue weighted by atomic mass is 32.2. The van der Waals surface area contributed by atoms with Crippen molar-refractivity contribution in [2.75, 3.05) is 5.75 Å². The van der Waals surface area contributed by atoms with Gasteiger partial charge in [0.2, 0.25) is 0 Å². The van der Waals surface area contributed by atoms with E-state index in [9.17, 15) is 9.90 Å². The molecule has 5 heteroatoms. The third-order valence-corrected chi connectivity index (χ3v) is 4.65. The Bertz CT molecular complexity index is 250. The molecule has 4 nitrogen and oxygen atoms in total. The average Bonchev–Trinajstić information content (AvgIpc) is 2.72. The number of rotatable bonds is 4. The van der Waals surface area contributed by atoms with Crippen molar-refractivity contribution in [1.82, 2.24) is 10.6 Å². The molecule has 0 aromatic heterocycles. The predicted octanol–water partition coefficient (Wildman–Crippen LogP) is 0.703. The normalized spacial score (nSPS) is 35.9. The number of hydrogen-bond donors (Lipinski definition) is 3.